The lowest BCUT2D eigenvalue weighted by Crippen LogP contribution is -2.28. The molecule has 196 valence electrons. The Balaban J connectivity index is 3.54. The third kappa shape index (κ3) is 23.3. The Labute approximate surface area is 208 Å². The average molecular weight is 479 g/mol. The fourth-order valence-corrected chi connectivity index (χ4v) is 3.36. The second-order valence-electron chi connectivity index (χ2n) is 8.77. The molecule has 0 rings (SSSR count). The van der Waals surface area contributed by atoms with Gasteiger partial charge in [-0.05, 0) is 51.4 Å². The van der Waals surface area contributed by atoms with Crippen molar-refractivity contribution in [1.82, 2.24) is 0 Å². The summed E-state index contributed by atoms with van der Waals surface area (Å²) in [4.78, 5) is 23.2. The number of carbonyl (C=O) groups is 2. The van der Waals surface area contributed by atoms with Crippen LogP contribution in [0, 0.1) is 0 Å². The minimum absolute atomic E-state index is 0.0810. The number of unbranched alkanes of at least 4 members (excludes halogenated alkanes) is 9. The van der Waals surface area contributed by atoms with Crippen LogP contribution in [0.25, 0.3) is 0 Å². The van der Waals surface area contributed by atoms with Gasteiger partial charge in [-0.15, -0.1) is 0 Å². The molecule has 1 unspecified atom stereocenters. The van der Waals surface area contributed by atoms with Crippen molar-refractivity contribution in [3.63, 3.8) is 0 Å². The summed E-state index contributed by atoms with van der Waals surface area (Å²) in [5.41, 5.74) is 0. The third-order valence-electron chi connectivity index (χ3n) is 5.41. The van der Waals surface area contributed by atoms with Gasteiger partial charge < -0.3 is 14.6 Å². The van der Waals surface area contributed by atoms with E-state index in [0.717, 1.165) is 38.5 Å². The van der Waals surface area contributed by atoms with Crippen molar-refractivity contribution in [2.45, 2.75) is 123 Å². The summed E-state index contributed by atoms with van der Waals surface area (Å²) in [6.07, 6.45) is 29.0. The van der Waals surface area contributed by atoms with Gasteiger partial charge in [0.15, 0.2) is 6.10 Å². The van der Waals surface area contributed by atoms with Crippen molar-refractivity contribution in [2.24, 2.45) is 0 Å². The predicted octanol–water partition coefficient (Wildman–Crippen LogP) is 7.38. The number of aliphatic hydroxyl groups excluding tert-OH is 1. The molecular formula is C29H50O5. The van der Waals surface area contributed by atoms with E-state index >= 15 is 0 Å². The fraction of sp³-hybridized carbons (Fsp3) is 0.724. The van der Waals surface area contributed by atoms with E-state index in [-0.39, 0.29) is 25.2 Å². The molecule has 34 heavy (non-hydrogen) atoms. The lowest BCUT2D eigenvalue weighted by molar-refractivity contribution is -0.161. The van der Waals surface area contributed by atoms with E-state index in [1.807, 2.05) is 6.92 Å². The number of carbonyl (C=O) groups excluding carboxylic acids is 2. The molecule has 1 N–H and O–H groups in total. The van der Waals surface area contributed by atoms with Gasteiger partial charge in [0.1, 0.15) is 6.61 Å². The van der Waals surface area contributed by atoms with Gasteiger partial charge in [-0.25, -0.2) is 0 Å². The Morgan fingerprint density at radius 2 is 1.24 bits per heavy atom. The highest BCUT2D eigenvalue weighted by molar-refractivity contribution is 5.70. The molecule has 0 amide bonds. The molecule has 0 aromatic carbocycles. The Morgan fingerprint density at radius 1 is 0.676 bits per heavy atom. The maximum absolute atomic E-state index is 11.9. The van der Waals surface area contributed by atoms with E-state index in [2.05, 4.69) is 43.4 Å². The van der Waals surface area contributed by atoms with E-state index in [4.69, 9.17) is 9.47 Å². The van der Waals surface area contributed by atoms with Crippen molar-refractivity contribution in [3.05, 3.63) is 36.5 Å². The molecular weight excluding hydrogens is 428 g/mol. The fourth-order valence-electron chi connectivity index (χ4n) is 3.36. The van der Waals surface area contributed by atoms with E-state index in [0.29, 0.717) is 19.3 Å². The molecule has 0 saturated carbocycles. The highest BCUT2D eigenvalue weighted by Gasteiger charge is 2.15. The first kappa shape index (κ1) is 32.1. The Hall–Kier alpha value is -1.88. The molecule has 0 aliphatic heterocycles. The quantitative estimate of drug-likeness (QED) is 0.0942. The highest BCUT2D eigenvalue weighted by Crippen LogP contribution is 2.10. The number of allylic oxidation sites excluding steroid dienone is 6. The summed E-state index contributed by atoms with van der Waals surface area (Å²) in [5, 5.41) is 9.27. The molecule has 5 heteroatoms. The van der Waals surface area contributed by atoms with Gasteiger partial charge in [-0.2, -0.15) is 0 Å². The van der Waals surface area contributed by atoms with Crippen LogP contribution in [-0.2, 0) is 19.1 Å². The zero-order valence-electron chi connectivity index (χ0n) is 21.8. The number of hydrogen-bond acceptors (Lipinski definition) is 5. The molecule has 0 bridgehead atoms. The van der Waals surface area contributed by atoms with Crippen LogP contribution in [0.15, 0.2) is 36.5 Å². The molecule has 0 aliphatic carbocycles. The van der Waals surface area contributed by atoms with Crippen LogP contribution in [0.2, 0.25) is 0 Å². The van der Waals surface area contributed by atoms with Gasteiger partial charge in [-0.3, -0.25) is 9.59 Å². The normalized spacial score (nSPS) is 12.7. The Morgan fingerprint density at radius 3 is 1.82 bits per heavy atom. The number of rotatable bonds is 23. The summed E-state index contributed by atoms with van der Waals surface area (Å²) in [6, 6.07) is 0. The zero-order chi connectivity index (χ0) is 25.1. The molecule has 0 fully saturated rings. The Kier molecular flexibility index (Phi) is 24.3. The highest BCUT2D eigenvalue weighted by atomic mass is 16.6. The SMILES string of the molecule is CCCCC/C=C\C/C=C\C/C=C\CCCCCCCCC(=O)OC(CO)COC(=O)CCC. The van der Waals surface area contributed by atoms with Crippen LogP contribution in [0.1, 0.15) is 117 Å². The number of esters is 2. The molecule has 1 atom stereocenters. The molecule has 0 radical (unpaired) electrons. The zero-order valence-corrected chi connectivity index (χ0v) is 21.8. The lowest BCUT2D eigenvalue weighted by Gasteiger charge is -2.15. The maximum atomic E-state index is 11.9. The van der Waals surface area contributed by atoms with Crippen LogP contribution in [0.5, 0.6) is 0 Å². The molecule has 0 aromatic rings. The standard InChI is InChI=1S/C29H50O5/c1-3-5-6-7-8-9-10-11-12-13-14-15-16-17-18-19-20-21-22-24-29(32)34-27(25-30)26-33-28(31)23-4-2/h8-9,11-12,14-15,27,30H,3-7,10,13,16-26H2,1-2H3/b9-8-,12-11-,15-14-. The second-order valence-corrected chi connectivity index (χ2v) is 8.77. The van der Waals surface area contributed by atoms with Crippen molar-refractivity contribution >= 4 is 11.9 Å². The monoisotopic (exact) mass is 478 g/mol. The molecule has 0 aliphatic rings. The first-order valence-corrected chi connectivity index (χ1v) is 13.5. The minimum Gasteiger partial charge on any atom is -0.462 e. The second kappa shape index (κ2) is 25.7. The number of ether oxygens (including phenoxy) is 2. The summed E-state index contributed by atoms with van der Waals surface area (Å²) in [5.74, 6) is -0.673. The number of hydrogen-bond donors (Lipinski definition) is 1. The van der Waals surface area contributed by atoms with Crippen molar-refractivity contribution in [2.75, 3.05) is 13.2 Å². The molecule has 0 heterocycles. The van der Waals surface area contributed by atoms with Crippen LogP contribution < -0.4 is 0 Å². The topological polar surface area (TPSA) is 72.8 Å². The van der Waals surface area contributed by atoms with E-state index in [1.165, 1.54) is 44.9 Å². The molecule has 0 spiro atoms. The van der Waals surface area contributed by atoms with E-state index < -0.39 is 6.10 Å². The summed E-state index contributed by atoms with van der Waals surface area (Å²) < 4.78 is 10.2. The summed E-state index contributed by atoms with van der Waals surface area (Å²) in [7, 11) is 0. The number of aliphatic hydroxyl groups is 1. The maximum Gasteiger partial charge on any atom is 0.306 e. The van der Waals surface area contributed by atoms with E-state index in [9.17, 15) is 14.7 Å². The van der Waals surface area contributed by atoms with Gasteiger partial charge in [-0.1, -0.05) is 88.8 Å². The lowest BCUT2D eigenvalue weighted by atomic mass is 10.1. The molecule has 0 aromatic heterocycles. The van der Waals surface area contributed by atoms with Crippen molar-refractivity contribution in [1.29, 1.82) is 0 Å². The van der Waals surface area contributed by atoms with Crippen molar-refractivity contribution in [3.8, 4) is 0 Å². The van der Waals surface area contributed by atoms with Crippen molar-refractivity contribution < 1.29 is 24.2 Å². The smallest absolute Gasteiger partial charge is 0.306 e. The molecule has 5 nitrogen and oxygen atoms in total. The van der Waals surface area contributed by atoms with Crippen LogP contribution in [0.3, 0.4) is 0 Å². The minimum atomic E-state index is -0.769. The first-order valence-electron chi connectivity index (χ1n) is 13.5. The van der Waals surface area contributed by atoms with Gasteiger partial charge in [0.05, 0.1) is 6.61 Å². The van der Waals surface area contributed by atoms with Crippen LogP contribution in [-0.4, -0.2) is 36.4 Å². The van der Waals surface area contributed by atoms with Gasteiger partial charge >= 0.3 is 11.9 Å². The predicted molar refractivity (Wildman–Crippen MR) is 141 cm³/mol. The van der Waals surface area contributed by atoms with Gasteiger partial charge in [0, 0.05) is 12.8 Å². The van der Waals surface area contributed by atoms with Gasteiger partial charge in [0.2, 0.25) is 0 Å². The largest absolute Gasteiger partial charge is 0.462 e. The molecule has 0 saturated heterocycles. The van der Waals surface area contributed by atoms with Gasteiger partial charge in [0.25, 0.3) is 0 Å². The summed E-state index contributed by atoms with van der Waals surface area (Å²) in [6.45, 7) is 3.70. The van der Waals surface area contributed by atoms with Crippen LogP contribution in [0.4, 0.5) is 0 Å². The van der Waals surface area contributed by atoms with E-state index in [1.54, 1.807) is 0 Å². The first-order chi connectivity index (χ1) is 16.6. The average Bonchev–Trinajstić information content (AvgIpc) is 2.83. The summed E-state index contributed by atoms with van der Waals surface area (Å²) >= 11 is 0. The Bertz CT molecular complexity index is 565. The van der Waals surface area contributed by atoms with Crippen LogP contribution >= 0.6 is 0 Å². The third-order valence-corrected chi connectivity index (χ3v) is 5.41.